The van der Waals surface area contributed by atoms with Gasteiger partial charge in [-0.2, -0.15) is 0 Å². The zero-order valence-corrected chi connectivity index (χ0v) is 14.2. The normalized spacial score (nSPS) is 20.5. The standard InChI is InChI=1S/C17H22BrClO/c18-14-10-13-8-9-20-17(13)15(11-14)16(19)7-6-12-4-2-1-3-5-12/h10-12,16H,1-9H2. The van der Waals surface area contributed by atoms with Crippen LogP contribution in [0.3, 0.4) is 0 Å². The van der Waals surface area contributed by atoms with Gasteiger partial charge in [0.25, 0.3) is 0 Å². The van der Waals surface area contributed by atoms with Crippen LogP contribution >= 0.6 is 27.5 Å². The van der Waals surface area contributed by atoms with Gasteiger partial charge in [-0.25, -0.2) is 0 Å². The first kappa shape index (κ1) is 14.7. The van der Waals surface area contributed by atoms with Gasteiger partial charge >= 0.3 is 0 Å². The SMILES string of the molecule is ClC(CCC1CCCCC1)c1cc(Br)cc2c1OCC2. The Balaban J connectivity index is 1.66. The summed E-state index contributed by atoms with van der Waals surface area (Å²) in [7, 11) is 0. The predicted molar refractivity (Wildman–Crippen MR) is 87.7 cm³/mol. The van der Waals surface area contributed by atoms with Gasteiger partial charge in [0.05, 0.1) is 12.0 Å². The Labute approximate surface area is 135 Å². The van der Waals surface area contributed by atoms with Crippen LogP contribution in [-0.2, 0) is 6.42 Å². The van der Waals surface area contributed by atoms with E-state index in [4.69, 9.17) is 16.3 Å². The molecule has 0 spiro atoms. The quantitative estimate of drug-likeness (QED) is 0.598. The van der Waals surface area contributed by atoms with Crippen molar-refractivity contribution in [3.63, 3.8) is 0 Å². The molecular weight excluding hydrogens is 336 g/mol. The number of halogens is 2. The third-order valence-electron chi connectivity index (χ3n) is 4.67. The number of fused-ring (bicyclic) bond motifs is 1. The van der Waals surface area contributed by atoms with Gasteiger partial charge < -0.3 is 4.74 Å². The van der Waals surface area contributed by atoms with E-state index in [1.807, 2.05) is 0 Å². The molecule has 0 amide bonds. The summed E-state index contributed by atoms with van der Waals surface area (Å²) in [5.41, 5.74) is 2.49. The van der Waals surface area contributed by atoms with E-state index in [1.165, 1.54) is 49.7 Å². The van der Waals surface area contributed by atoms with Crippen molar-refractivity contribution in [2.45, 2.75) is 56.7 Å². The first-order chi connectivity index (χ1) is 9.74. The van der Waals surface area contributed by atoms with Crippen LogP contribution in [0.25, 0.3) is 0 Å². The van der Waals surface area contributed by atoms with E-state index in [1.54, 1.807) is 0 Å². The van der Waals surface area contributed by atoms with E-state index in [-0.39, 0.29) is 5.38 Å². The molecule has 1 heterocycles. The number of alkyl halides is 1. The molecule has 3 rings (SSSR count). The van der Waals surface area contributed by atoms with Gasteiger partial charge in [0, 0.05) is 16.5 Å². The molecule has 1 aromatic rings. The number of hydrogen-bond donors (Lipinski definition) is 0. The van der Waals surface area contributed by atoms with E-state index < -0.39 is 0 Å². The summed E-state index contributed by atoms with van der Waals surface area (Å²) >= 11 is 10.3. The molecule has 0 saturated heterocycles. The Hall–Kier alpha value is -0.210. The van der Waals surface area contributed by atoms with Crippen LogP contribution in [0.15, 0.2) is 16.6 Å². The average molecular weight is 358 g/mol. The molecule has 1 nitrogen and oxygen atoms in total. The van der Waals surface area contributed by atoms with Crippen LogP contribution in [0.1, 0.15) is 61.4 Å². The monoisotopic (exact) mass is 356 g/mol. The van der Waals surface area contributed by atoms with Crippen molar-refractivity contribution in [3.05, 3.63) is 27.7 Å². The fraction of sp³-hybridized carbons (Fsp3) is 0.647. The van der Waals surface area contributed by atoms with Gasteiger partial charge in [0.15, 0.2) is 0 Å². The molecule has 20 heavy (non-hydrogen) atoms. The van der Waals surface area contributed by atoms with Gasteiger partial charge in [-0.05, 0) is 36.5 Å². The van der Waals surface area contributed by atoms with E-state index in [2.05, 4.69) is 28.1 Å². The van der Waals surface area contributed by atoms with Gasteiger partial charge in [0.2, 0.25) is 0 Å². The second-order valence-corrected chi connectivity index (χ2v) is 7.57. The minimum atomic E-state index is 0.0845. The fourth-order valence-electron chi connectivity index (χ4n) is 3.54. The largest absolute Gasteiger partial charge is 0.493 e. The third kappa shape index (κ3) is 3.33. The topological polar surface area (TPSA) is 9.23 Å². The molecule has 1 fully saturated rings. The Kier molecular flexibility index (Phi) is 4.93. The lowest BCUT2D eigenvalue weighted by Crippen LogP contribution is -2.07. The summed E-state index contributed by atoms with van der Waals surface area (Å²) in [4.78, 5) is 0. The zero-order chi connectivity index (χ0) is 13.9. The molecule has 0 radical (unpaired) electrons. The lowest BCUT2D eigenvalue weighted by molar-refractivity contribution is 0.328. The summed E-state index contributed by atoms with van der Waals surface area (Å²) in [6, 6.07) is 4.30. The van der Waals surface area contributed by atoms with Crippen molar-refractivity contribution in [2.24, 2.45) is 5.92 Å². The maximum atomic E-state index is 6.68. The molecule has 2 aliphatic rings. The Morgan fingerprint density at radius 2 is 2.05 bits per heavy atom. The molecular formula is C17H22BrClO. The van der Waals surface area contributed by atoms with Crippen molar-refractivity contribution < 1.29 is 4.74 Å². The Morgan fingerprint density at radius 1 is 1.25 bits per heavy atom. The minimum Gasteiger partial charge on any atom is -0.493 e. The van der Waals surface area contributed by atoms with Crippen LogP contribution < -0.4 is 4.74 Å². The van der Waals surface area contributed by atoms with Crippen LogP contribution in [0.2, 0.25) is 0 Å². The van der Waals surface area contributed by atoms with Gasteiger partial charge in [-0.3, -0.25) is 0 Å². The Morgan fingerprint density at radius 3 is 2.85 bits per heavy atom. The minimum absolute atomic E-state index is 0.0845. The lowest BCUT2D eigenvalue weighted by Gasteiger charge is -2.23. The molecule has 0 N–H and O–H groups in total. The highest BCUT2D eigenvalue weighted by molar-refractivity contribution is 9.10. The molecule has 0 bridgehead atoms. The van der Waals surface area contributed by atoms with Crippen molar-refractivity contribution >= 4 is 27.5 Å². The molecule has 110 valence electrons. The first-order valence-corrected chi connectivity index (χ1v) is 9.06. The van der Waals surface area contributed by atoms with Crippen LogP contribution in [0.4, 0.5) is 0 Å². The van der Waals surface area contributed by atoms with E-state index in [0.717, 1.165) is 35.6 Å². The van der Waals surface area contributed by atoms with Crippen molar-refractivity contribution in [1.82, 2.24) is 0 Å². The molecule has 1 aliphatic heterocycles. The second-order valence-electron chi connectivity index (χ2n) is 6.13. The van der Waals surface area contributed by atoms with Crippen LogP contribution in [0, 0.1) is 5.92 Å². The highest BCUT2D eigenvalue weighted by Gasteiger charge is 2.23. The van der Waals surface area contributed by atoms with E-state index >= 15 is 0 Å². The molecule has 1 unspecified atom stereocenters. The van der Waals surface area contributed by atoms with E-state index in [0.29, 0.717) is 0 Å². The summed E-state index contributed by atoms with van der Waals surface area (Å²) in [6.07, 6.45) is 10.4. The van der Waals surface area contributed by atoms with Gasteiger partial charge in [-0.15, -0.1) is 11.6 Å². The van der Waals surface area contributed by atoms with Crippen molar-refractivity contribution in [1.29, 1.82) is 0 Å². The van der Waals surface area contributed by atoms with Crippen LogP contribution in [-0.4, -0.2) is 6.61 Å². The third-order valence-corrected chi connectivity index (χ3v) is 5.58. The molecule has 1 atom stereocenters. The number of hydrogen-bond acceptors (Lipinski definition) is 1. The average Bonchev–Trinajstić information content (AvgIpc) is 2.93. The summed E-state index contributed by atoms with van der Waals surface area (Å²) in [5, 5.41) is 0.0845. The molecule has 1 saturated carbocycles. The summed E-state index contributed by atoms with van der Waals surface area (Å²) in [5.74, 6) is 1.95. The van der Waals surface area contributed by atoms with Crippen LogP contribution in [0.5, 0.6) is 5.75 Å². The molecule has 1 aromatic carbocycles. The fourth-order valence-corrected chi connectivity index (χ4v) is 4.35. The molecule has 3 heteroatoms. The van der Waals surface area contributed by atoms with Crippen molar-refractivity contribution in [3.8, 4) is 5.75 Å². The summed E-state index contributed by atoms with van der Waals surface area (Å²) in [6.45, 7) is 0.797. The zero-order valence-electron chi connectivity index (χ0n) is 11.8. The molecule has 0 aromatic heterocycles. The number of benzene rings is 1. The lowest BCUT2D eigenvalue weighted by atomic mass is 9.85. The number of ether oxygens (including phenoxy) is 1. The predicted octanol–water partition coefficient (Wildman–Crippen LogP) is 6.02. The first-order valence-electron chi connectivity index (χ1n) is 7.83. The Bertz CT molecular complexity index is 468. The highest BCUT2D eigenvalue weighted by atomic mass is 79.9. The van der Waals surface area contributed by atoms with Crippen molar-refractivity contribution in [2.75, 3.05) is 6.61 Å². The smallest absolute Gasteiger partial charge is 0.127 e. The van der Waals surface area contributed by atoms with Gasteiger partial charge in [-0.1, -0.05) is 48.0 Å². The summed E-state index contributed by atoms with van der Waals surface area (Å²) < 4.78 is 6.92. The maximum Gasteiger partial charge on any atom is 0.127 e. The van der Waals surface area contributed by atoms with E-state index in [9.17, 15) is 0 Å². The molecule has 1 aliphatic carbocycles. The number of rotatable bonds is 4. The maximum absolute atomic E-state index is 6.68. The second kappa shape index (κ2) is 6.70. The van der Waals surface area contributed by atoms with Gasteiger partial charge in [0.1, 0.15) is 5.75 Å². The highest BCUT2D eigenvalue weighted by Crippen LogP contribution is 2.41.